The van der Waals surface area contributed by atoms with Gasteiger partial charge in [0, 0.05) is 6.20 Å². The van der Waals surface area contributed by atoms with Gasteiger partial charge in [-0.3, -0.25) is 4.57 Å². The Morgan fingerprint density at radius 1 is 1.58 bits per heavy atom. The third-order valence-electron chi connectivity index (χ3n) is 3.82. The van der Waals surface area contributed by atoms with Crippen molar-refractivity contribution in [2.45, 2.75) is 50.7 Å². The molecule has 0 spiro atoms. The lowest BCUT2D eigenvalue weighted by Crippen LogP contribution is -2.48. The molecule has 1 aromatic rings. The molecule has 0 saturated carbocycles. The van der Waals surface area contributed by atoms with Gasteiger partial charge in [-0.2, -0.15) is 4.98 Å². The van der Waals surface area contributed by atoms with Gasteiger partial charge in [-0.05, 0) is 26.3 Å². The van der Waals surface area contributed by atoms with Crippen molar-refractivity contribution < 1.29 is 14.9 Å². The van der Waals surface area contributed by atoms with Gasteiger partial charge in [0.2, 0.25) is 0 Å². The fraction of sp³-hybridized carbons (Fsp3) is 0.667. The maximum Gasteiger partial charge on any atom is 0.351 e. The maximum atomic E-state index is 11.8. The number of ether oxygens (including phenoxy) is 1. The summed E-state index contributed by atoms with van der Waals surface area (Å²) >= 11 is 0. The van der Waals surface area contributed by atoms with E-state index < -0.39 is 29.2 Å². The van der Waals surface area contributed by atoms with Crippen LogP contribution in [0.4, 0.5) is 5.82 Å². The van der Waals surface area contributed by atoms with Crippen LogP contribution in [-0.2, 0) is 4.74 Å². The number of nitrogens with two attached hydrogens (primary N) is 1. The standard InChI is InChI=1S/C12H19N3O4/c1-4-11(2)8(16)12(3,18)9(19-11)15-6-5-7(13)14-10(15)17/h5-6,8-9,16,18H,4H2,1-3H3,(H2,13,14,17)/t8-,9-,11-,12-/m1/s1. The molecule has 0 aliphatic carbocycles. The summed E-state index contributed by atoms with van der Waals surface area (Å²) in [6.45, 7) is 4.97. The molecular weight excluding hydrogens is 250 g/mol. The number of hydrogen-bond acceptors (Lipinski definition) is 6. The summed E-state index contributed by atoms with van der Waals surface area (Å²) in [5, 5.41) is 20.7. The second-order valence-electron chi connectivity index (χ2n) is 5.31. The van der Waals surface area contributed by atoms with Crippen molar-refractivity contribution in [3.05, 3.63) is 22.7 Å². The maximum absolute atomic E-state index is 11.8. The van der Waals surface area contributed by atoms with E-state index in [2.05, 4.69) is 4.98 Å². The highest BCUT2D eigenvalue weighted by molar-refractivity contribution is 5.24. The predicted octanol–water partition coefficient (Wildman–Crippen LogP) is -0.365. The van der Waals surface area contributed by atoms with E-state index in [0.717, 1.165) is 4.57 Å². The van der Waals surface area contributed by atoms with Gasteiger partial charge in [-0.1, -0.05) is 6.92 Å². The van der Waals surface area contributed by atoms with Crippen LogP contribution in [0.1, 0.15) is 33.4 Å². The molecule has 7 heteroatoms. The van der Waals surface area contributed by atoms with Crippen LogP contribution in [0.3, 0.4) is 0 Å². The molecule has 0 bridgehead atoms. The predicted molar refractivity (Wildman–Crippen MR) is 68.4 cm³/mol. The van der Waals surface area contributed by atoms with E-state index in [9.17, 15) is 15.0 Å². The highest BCUT2D eigenvalue weighted by Crippen LogP contribution is 2.44. The smallest absolute Gasteiger partial charge is 0.351 e. The molecule has 0 unspecified atom stereocenters. The molecule has 2 rings (SSSR count). The summed E-state index contributed by atoms with van der Waals surface area (Å²) in [6.07, 6.45) is -0.219. The van der Waals surface area contributed by atoms with Crippen molar-refractivity contribution in [3.8, 4) is 0 Å². The number of anilines is 1. The van der Waals surface area contributed by atoms with Crippen LogP contribution in [0.2, 0.25) is 0 Å². The van der Waals surface area contributed by atoms with Crippen molar-refractivity contribution in [1.29, 1.82) is 0 Å². The van der Waals surface area contributed by atoms with Gasteiger partial charge < -0.3 is 20.7 Å². The van der Waals surface area contributed by atoms with Crippen LogP contribution in [0.25, 0.3) is 0 Å². The van der Waals surface area contributed by atoms with Crippen molar-refractivity contribution in [3.63, 3.8) is 0 Å². The Hall–Kier alpha value is -1.44. The van der Waals surface area contributed by atoms with Crippen LogP contribution in [0, 0.1) is 0 Å². The van der Waals surface area contributed by atoms with Crippen molar-refractivity contribution in [1.82, 2.24) is 9.55 Å². The lowest BCUT2D eigenvalue weighted by molar-refractivity contribution is -0.109. The molecule has 4 N–H and O–H groups in total. The van der Waals surface area contributed by atoms with Gasteiger partial charge >= 0.3 is 5.69 Å². The van der Waals surface area contributed by atoms with Gasteiger partial charge in [-0.25, -0.2) is 4.79 Å². The van der Waals surface area contributed by atoms with Crippen LogP contribution in [0.5, 0.6) is 0 Å². The molecule has 4 atom stereocenters. The van der Waals surface area contributed by atoms with E-state index in [0.29, 0.717) is 6.42 Å². The average Bonchev–Trinajstić information content (AvgIpc) is 2.51. The van der Waals surface area contributed by atoms with E-state index >= 15 is 0 Å². The number of hydrogen-bond donors (Lipinski definition) is 3. The third-order valence-corrected chi connectivity index (χ3v) is 3.82. The van der Waals surface area contributed by atoms with Crippen molar-refractivity contribution >= 4 is 5.82 Å². The number of nitrogens with zero attached hydrogens (tertiary/aromatic N) is 2. The summed E-state index contributed by atoms with van der Waals surface area (Å²) in [5.41, 5.74) is 2.28. The summed E-state index contributed by atoms with van der Waals surface area (Å²) in [5.74, 6) is 0.0951. The molecule has 0 amide bonds. The number of aliphatic hydroxyl groups is 2. The number of aromatic nitrogens is 2. The van der Waals surface area contributed by atoms with Crippen LogP contribution in [-0.4, -0.2) is 37.1 Å². The molecular formula is C12H19N3O4. The van der Waals surface area contributed by atoms with E-state index in [-0.39, 0.29) is 5.82 Å². The topological polar surface area (TPSA) is 111 Å². The Balaban J connectivity index is 2.48. The van der Waals surface area contributed by atoms with Crippen LogP contribution >= 0.6 is 0 Å². The molecule has 106 valence electrons. The number of nitrogen functional groups attached to an aromatic ring is 1. The molecule has 1 fully saturated rings. The van der Waals surface area contributed by atoms with E-state index in [4.69, 9.17) is 10.5 Å². The Bertz CT molecular complexity index is 542. The van der Waals surface area contributed by atoms with Crippen LogP contribution < -0.4 is 11.4 Å². The largest absolute Gasteiger partial charge is 0.387 e. The second-order valence-corrected chi connectivity index (χ2v) is 5.31. The quantitative estimate of drug-likeness (QED) is 0.676. The van der Waals surface area contributed by atoms with E-state index in [1.807, 2.05) is 6.92 Å². The minimum Gasteiger partial charge on any atom is -0.387 e. The lowest BCUT2D eigenvalue weighted by Gasteiger charge is -2.29. The second kappa shape index (κ2) is 4.29. The normalized spacial score (nSPS) is 38.6. The summed E-state index contributed by atoms with van der Waals surface area (Å²) in [4.78, 5) is 15.4. The van der Waals surface area contributed by atoms with E-state index in [1.165, 1.54) is 19.2 Å². The fourth-order valence-corrected chi connectivity index (χ4v) is 2.41. The van der Waals surface area contributed by atoms with Gasteiger partial charge in [0.05, 0.1) is 5.60 Å². The molecule has 7 nitrogen and oxygen atoms in total. The zero-order valence-electron chi connectivity index (χ0n) is 11.2. The molecule has 0 aromatic carbocycles. The molecule has 2 heterocycles. The minimum absolute atomic E-state index is 0.0951. The molecule has 1 aliphatic heterocycles. The number of aliphatic hydroxyl groups excluding tert-OH is 1. The zero-order valence-corrected chi connectivity index (χ0v) is 11.2. The monoisotopic (exact) mass is 269 g/mol. The molecule has 1 saturated heterocycles. The fourth-order valence-electron chi connectivity index (χ4n) is 2.41. The molecule has 1 aliphatic rings. The Morgan fingerprint density at radius 2 is 2.21 bits per heavy atom. The minimum atomic E-state index is -1.59. The first-order valence-electron chi connectivity index (χ1n) is 6.15. The summed E-state index contributed by atoms with van der Waals surface area (Å²) < 4.78 is 6.85. The molecule has 0 radical (unpaired) electrons. The van der Waals surface area contributed by atoms with E-state index in [1.54, 1.807) is 6.92 Å². The SMILES string of the molecule is CC[C@@]1(C)O[C@@H](n2ccc(N)nc2=O)[C@](C)(O)[C@@H]1O. The Kier molecular flexibility index (Phi) is 3.16. The van der Waals surface area contributed by atoms with Crippen molar-refractivity contribution in [2.75, 3.05) is 5.73 Å². The lowest BCUT2D eigenvalue weighted by atomic mass is 9.87. The van der Waals surface area contributed by atoms with Crippen LogP contribution in [0.15, 0.2) is 17.1 Å². The zero-order chi connectivity index (χ0) is 14.4. The highest BCUT2D eigenvalue weighted by atomic mass is 16.6. The molecule has 1 aromatic heterocycles. The van der Waals surface area contributed by atoms with Gasteiger partial charge in [0.15, 0.2) is 6.23 Å². The van der Waals surface area contributed by atoms with Crippen molar-refractivity contribution in [2.24, 2.45) is 0 Å². The Labute approximate surface area is 110 Å². The first kappa shape index (κ1) is 14.0. The number of rotatable bonds is 2. The van der Waals surface area contributed by atoms with Gasteiger partial charge in [0.25, 0.3) is 0 Å². The van der Waals surface area contributed by atoms with Gasteiger partial charge in [0.1, 0.15) is 17.5 Å². The first-order chi connectivity index (χ1) is 8.72. The summed E-state index contributed by atoms with van der Waals surface area (Å²) in [7, 11) is 0. The molecule has 19 heavy (non-hydrogen) atoms. The average molecular weight is 269 g/mol. The van der Waals surface area contributed by atoms with Gasteiger partial charge in [-0.15, -0.1) is 0 Å². The first-order valence-corrected chi connectivity index (χ1v) is 6.15. The third kappa shape index (κ3) is 2.03. The highest BCUT2D eigenvalue weighted by Gasteiger charge is 2.58. The Morgan fingerprint density at radius 3 is 2.68 bits per heavy atom. The summed E-state index contributed by atoms with van der Waals surface area (Å²) in [6, 6.07) is 1.44.